The van der Waals surface area contributed by atoms with E-state index < -0.39 is 0 Å². The van der Waals surface area contributed by atoms with E-state index in [0.717, 1.165) is 45.6 Å². The van der Waals surface area contributed by atoms with Gasteiger partial charge >= 0.3 is 0 Å². The molecule has 0 atom stereocenters. The Kier molecular flexibility index (Phi) is 5.62. The van der Waals surface area contributed by atoms with E-state index >= 15 is 0 Å². The molecule has 2 rings (SSSR count). The molecule has 1 saturated heterocycles. The van der Waals surface area contributed by atoms with Gasteiger partial charge in [-0.2, -0.15) is 0 Å². The predicted octanol–water partition coefficient (Wildman–Crippen LogP) is 2.04. The highest BCUT2D eigenvalue weighted by Crippen LogP contribution is 2.08. The van der Waals surface area contributed by atoms with Crippen molar-refractivity contribution in [2.45, 2.75) is 19.3 Å². The van der Waals surface area contributed by atoms with Crippen molar-refractivity contribution >= 4 is 0 Å². The van der Waals surface area contributed by atoms with E-state index in [4.69, 9.17) is 0 Å². The standard InChI is InChI=1S/C15H23FN2/c16-8-1-2-14-3-5-15(6-4-14)7-11-18-12-9-17-10-13-18/h3-6,17H,1-2,7-13H2. The molecule has 1 aliphatic rings. The van der Waals surface area contributed by atoms with Gasteiger partial charge in [-0.25, -0.2) is 0 Å². The Balaban J connectivity index is 1.75. The van der Waals surface area contributed by atoms with E-state index in [2.05, 4.69) is 34.5 Å². The van der Waals surface area contributed by atoms with Crippen LogP contribution in [0.5, 0.6) is 0 Å². The van der Waals surface area contributed by atoms with Crippen molar-refractivity contribution in [3.63, 3.8) is 0 Å². The van der Waals surface area contributed by atoms with Gasteiger partial charge in [-0.1, -0.05) is 24.3 Å². The van der Waals surface area contributed by atoms with Crippen LogP contribution in [0.2, 0.25) is 0 Å². The highest BCUT2D eigenvalue weighted by atomic mass is 19.1. The molecule has 0 amide bonds. The molecule has 100 valence electrons. The lowest BCUT2D eigenvalue weighted by atomic mass is 10.1. The summed E-state index contributed by atoms with van der Waals surface area (Å²) >= 11 is 0. The van der Waals surface area contributed by atoms with Crippen LogP contribution in [0, 0.1) is 0 Å². The highest BCUT2D eigenvalue weighted by Gasteiger charge is 2.08. The van der Waals surface area contributed by atoms with E-state index in [1.165, 1.54) is 11.1 Å². The minimum absolute atomic E-state index is 0.218. The molecule has 3 heteroatoms. The van der Waals surface area contributed by atoms with Gasteiger partial charge in [0.25, 0.3) is 0 Å². The largest absolute Gasteiger partial charge is 0.314 e. The normalized spacial score (nSPS) is 16.9. The number of alkyl halides is 1. The molecule has 0 saturated carbocycles. The first-order chi connectivity index (χ1) is 8.88. The van der Waals surface area contributed by atoms with Crippen molar-refractivity contribution in [3.8, 4) is 0 Å². The number of nitrogens with zero attached hydrogens (tertiary/aromatic N) is 1. The molecule has 0 bridgehead atoms. The van der Waals surface area contributed by atoms with Crippen molar-refractivity contribution in [1.29, 1.82) is 0 Å². The first-order valence-corrected chi connectivity index (χ1v) is 6.95. The average molecular weight is 250 g/mol. The van der Waals surface area contributed by atoms with Gasteiger partial charge in [0.2, 0.25) is 0 Å². The van der Waals surface area contributed by atoms with Crippen molar-refractivity contribution in [2.24, 2.45) is 0 Å². The first kappa shape index (κ1) is 13.5. The number of rotatable bonds is 6. The second-order valence-corrected chi connectivity index (χ2v) is 4.95. The Morgan fingerprint density at radius 2 is 1.61 bits per heavy atom. The third kappa shape index (κ3) is 4.39. The molecule has 18 heavy (non-hydrogen) atoms. The van der Waals surface area contributed by atoms with Crippen LogP contribution in [0.15, 0.2) is 24.3 Å². The minimum Gasteiger partial charge on any atom is -0.314 e. The van der Waals surface area contributed by atoms with Gasteiger partial charge in [-0.15, -0.1) is 0 Å². The summed E-state index contributed by atoms with van der Waals surface area (Å²) < 4.78 is 12.1. The maximum Gasteiger partial charge on any atom is 0.0897 e. The third-order valence-corrected chi connectivity index (χ3v) is 3.55. The summed E-state index contributed by atoms with van der Waals surface area (Å²) in [6.45, 7) is 5.48. The average Bonchev–Trinajstić information content (AvgIpc) is 2.45. The summed E-state index contributed by atoms with van der Waals surface area (Å²) in [5, 5.41) is 3.37. The van der Waals surface area contributed by atoms with Gasteiger partial charge in [-0.3, -0.25) is 4.39 Å². The van der Waals surface area contributed by atoms with Gasteiger partial charge < -0.3 is 10.2 Å². The summed E-state index contributed by atoms with van der Waals surface area (Å²) in [7, 11) is 0. The topological polar surface area (TPSA) is 15.3 Å². The molecule has 0 spiro atoms. The molecular weight excluding hydrogens is 227 g/mol. The Bertz CT molecular complexity index is 331. The molecule has 1 heterocycles. The molecular formula is C15H23FN2. The number of benzene rings is 1. The summed E-state index contributed by atoms with van der Waals surface area (Å²) in [5.41, 5.74) is 2.64. The number of piperazine rings is 1. The van der Waals surface area contributed by atoms with Crippen LogP contribution in [0.1, 0.15) is 17.5 Å². The van der Waals surface area contributed by atoms with Gasteiger partial charge in [0.05, 0.1) is 6.67 Å². The van der Waals surface area contributed by atoms with Crippen LogP contribution in [-0.2, 0) is 12.8 Å². The number of halogens is 1. The van der Waals surface area contributed by atoms with Crippen LogP contribution >= 0.6 is 0 Å². The van der Waals surface area contributed by atoms with Crippen molar-refractivity contribution < 1.29 is 4.39 Å². The molecule has 1 aromatic carbocycles. The van der Waals surface area contributed by atoms with E-state index in [-0.39, 0.29) is 6.67 Å². The van der Waals surface area contributed by atoms with Crippen LogP contribution in [-0.4, -0.2) is 44.3 Å². The second kappa shape index (κ2) is 7.49. The van der Waals surface area contributed by atoms with Crippen LogP contribution in [0.25, 0.3) is 0 Å². The molecule has 1 aliphatic heterocycles. The minimum atomic E-state index is -0.218. The zero-order valence-electron chi connectivity index (χ0n) is 11.0. The lowest BCUT2D eigenvalue weighted by Crippen LogP contribution is -2.44. The van der Waals surface area contributed by atoms with Crippen LogP contribution in [0.3, 0.4) is 0 Å². The van der Waals surface area contributed by atoms with Gasteiger partial charge in [0.15, 0.2) is 0 Å². The summed E-state index contributed by atoms with van der Waals surface area (Å²) in [4.78, 5) is 2.51. The number of hydrogen-bond donors (Lipinski definition) is 1. The first-order valence-electron chi connectivity index (χ1n) is 6.95. The van der Waals surface area contributed by atoms with Crippen molar-refractivity contribution in [1.82, 2.24) is 10.2 Å². The number of aryl methyl sites for hydroxylation is 1. The van der Waals surface area contributed by atoms with Gasteiger partial charge in [-0.05, 0) is 30.4 Å². The Morgan fingerprint density at radius 3 is 2.22 bits per heavy atom. The second-order valence-electron chi connectivity index (χ2n) is 4.95. The molecule has 1 N–H and O–H groups in total. The molecule has 1 fully saturated rings. The smallest absolute Gasteiger partial charge is 0.0897 e. The van der Waals surface area contributed by atoms with Crippen LogP contribution < -0.4 is 5.32 Å². The lowest BCUT2D eigenvalue weighted by Gasteiger charge is -2.27. The molecule has 2 nitrogen and oxygen atoms in total. The molecule has 1 aromatic rings. The fourth-order valence-corrected chi connectivity index (χ4v) is 2.37. The summed E-state index contributed by atoms with van der Waals surface area (Å²) in [6, 6.07) is 8.66. The maximum atomic E-state index is 12.1. The zero-order chi connectivity index (χ0) is 12.6. The van der Waals surface area contributed by atoms with E-state index in [1.807, 2.05) is 0 Å². The lowest BCUT2D eigenvalue weighted by molar-refractivity contribution is 0.244. The quantitative estimate of drug-likeness (QED) is 0.831. The maximum absolute atomic E-state index is 12.1. The van der Waals surface area contributed by atoms with E-state index in [0.29, 0.717) is 6.42 Å². The Labute approximate surface area is 109 Å². The highest BCUT2D eigenvalue weighted by molar-refractivity contribution is 5.22. The molecule has 0 aromatic heterocycles. The number of nitrogens with one attached hydrogen (secondary N) is 1. The van der Waals surface area contributed by atoms with Crippen molar-refractivity contribution in [2.75, 3.05) is 39.4 Å². The molecule has 0 unspecified atom stereocenters. The fourth-order valence-electron chi connectivity index (χ4n) is 2.37. The SMILES string of the molecule is FCCCc1ccc(CCN2CCNCC2)cc1. The summed E-state index contributed by atoms with van der Waals surface area (Å²) in [6.07, 6.45) is 2.61. The van der Waals surface area contributed by atoms with Gasteiger partial charge in [0, 0.05) is 32.7 Å². The van der Waals surface area contributed by atoms with Gasteiger partial charge in [0.1, 0.15) is 0 Å². The summed E-state index contributed by atoms with van der Waals surface area (Å²) in [5.74, 6) is 0. The van der Waals surface area contributed by atoms with Crippen LogP contribution in [0.4, 0.5) is 4.39 Å². The zero-order valence-corrected chi connectivity index (χ0v) is 11.0. The fraction of sp³-hybridized carbons (Fsp3) is 0.600. The van der Waals surface area contributed by atoms with E-state index in [1.54, 1.807) is 0 Å². The molecule has 0 aliphatic carbocycles. The Hall–Kier alpha value is -0.930. The van der Waals surface area contributed by atoms with Crippen molar-refractivity contribution in [3.05, 3.63) is 35.4 Å². The monoisotopic (exact) mass is 250 g/mol. The Morgan fingerprint density at radius 1 is 1.00 bits per heavy atom. The molecule has 0 radical (unpaired) electrons. The third-order valence-electron chi connectivity index (χ3n) is 3.55. The number of hydrogen-bond acceptors (Lipinski definition) is 2. The van der Waals surface area contributed by atoms with E-state index in [9.17, 15) is 4.39 Å². The predicted molar refractivity (Wildman–Crippen MR) is 73.8 cm³/mol.